The number of fused-ring (bicyclic) bond motifs is 1. The van der Waals surface area contributed by atoms with Crippen LogP contribution in [0, 0.1) is 0 Å². The number of nitrogens with one attached hydrogen (secondary N) is 1. The quantitative estimate of drug-likeness (QED) is 0.306. The predicted octanol–water partition coefficient (Wildman–Crippen LogP) is 4.63. The number of hydrogen-bond acceptors (Lipinski definition) is 6. The number of carbonyl (C=O) groups excluding carboxylic acids is 1. The average molecular weight is 556 g/mol. The summed E-state index contributed by atoms with van der Waals surface area (Å²) in [5.41, 5.74) is 7.69. The number of rotatable bonds is 5. The van der Waals surface area contributed by atoms with E-state index >= 15 is 4.39 Å². The summed E-state index contributed by atoms with van der Waals surface area (Å²) in [6, 6.07) is 13.2. The van der Waals surface area contributed by atoms with E-state index in [4.69, 9.17) is 10.9 Å². The number of anilines is 2. The largest absolute Gasteiger partial charge is 0.383 e. The van der Waals surface area contributed by atoms with Gasteiger partial charge >= 0.3 is 0 Å². The van der Waals surface area contributed by atoms with Crippen LogP contribution in [0.15, 0.2) is 82.3 Å². The molecule has 0 spiro atoms. The molecule has 0 aliphatic heterocycles. The van der Waals surface area contributed by atoms with Crippen molar-refractivity contribution in [1.29, 1.82) is 0 Å². The number of carbonyl (C=O) groups is 1. The predicted molar refractivity (Wildman–Crippen MR) is 137 cm³/mol. The zero-order valence-corrected chi connectivity index (χ0v) is 20.7. The average Bonchev–Trinajstić information content (AvgIpc) is 2.84. The molecule has 0 radical (unpaired) electrons. The molecule has 0 aliphatic carbocycles. The summed E-state index contributed by atoms with van der Waals surface area (Å²) >= 11 is 3.34. The third-order valence-corrected chi connectivity index (χ3v) is 6.97. The number of sulfonamides is 1. The van der Waals surface area contributed by atoms with E-state index in [2.05, 4.69) is 31.2 Å². The summed E-state index contributed by atoms with van der Waals surface area (Å²) in [6.45, 7) is 1.50. The van der Waals surface area contributed by atoms with Crippen LogP contribution in [0.4, 0.5) is 15.9 Å². The number of halogens is 2. The fourth-order valence-corrected chi connectivity index (χ4v) is 4.71. The van der Waals surface area contributed by atoms with Crippen LogP contribution in [-0.4, -0.2) is 24.3 Å². The third kappa shape index (κ3) is 5.06. The number of nitrogens with two attached hydrogens (primary N) is 2. The van der Waals surface area contributed by atoms with Crippen molar-refractivity contribution in [3.8, 4) is 11.1 Å². The molecule has 11 heteroatoms. The Morgan fingerprint density at radius 2 is 1.86 bits per heavy atom. The highest BCUT2D eigenvalue weighted by Crippen LogP contribution is 2.33. The molecule has 2 heterocycles. The van der Waals surface area contributed by atoms with Gasteiger partial charge in [-0.05, 0) is 75.3 Å². The van der Waals surface area contributed by atoms with Crippen LogP contribution >= 0.6 is 15.9 Å². The molecule has 4 aromatic rings. The fraction of sp³-hybridized carbons (Fsp3) is 0.0417. The lowest BCUT2D eigenvalue weighted by atomic mass is 10.0. The minimum absolute atomic E-state index is 0.134. The van der Waals surface area contributed by atoms with E-state index in [1.165, 1.54) is 25.3 Å². The number of nitrogens with zero attached hydrogens (tertiary/aromatic N) is 2. The normalized spacial score (nSPS) is 12.3. The van der Waals surface area contributed by atoms with Crippen LogP contribution in [0.3, 0.4) is 0 Å². The lowest BCUT2D eigenvalue weighted by Gasteiger charge is -2.12. The van der Waals surface area contributed by atoms with Crippen molar-refractivity contribution in [3.05, 3.63) is 83.0 Å². The van der Waals surface area contributed by atoms with Gasteiger partial charge in [-0.15, -0.1) is 0 Å². The highest BCUT2D eigenvalue weighted by molar-refractivity contribution is 9.10. The Hall–Kier alpha value is -3.67. The number of amides is 1. The van der Waals surface area contributed by atoms with Crippen molar-refractivity contribution in [2.45, 2.75) is 11.8 Å². The Kier molecular flexibility index (Phi) is 6.66. The molecular weight excluding hydrogens is 537 g/mol. The number of nitrogen functional groups attached to an aromatic ring is 1. The summed E-state index contributed by atoms with van der Waals surface area (Å²) in [6.07, 6.45) is 4.18. The van der Waals surface area contributed by atoms with Crippen molar-refractivity contribution in [3.63, 3.8) is 0 Å². The Bertz CT molecular complexity index is 1620. The molecule has 0 unspecified atom stereocenters. The zero-order valence-electron chi connectivity index (χ0n) is 18.3. The van der Waals surface area contributed by atoms with Crippen molar-refractivity contribution in [2.75, 3.05) is 11.1 Å². The van der Waals surface area contributed by atoms with Crippen LogP contribution in [0.25, 0.3) is 27.5 Å². The van der Waals surface area contributed by atoms with Gasteiger partial charge in [-0.25, -0.2) is 22.9 Å². The maximum Gasteiger partial charge on any atom is 0.284 e. The molecule has 0 aliphatic rings. The molecular formula is C24H19BrFN5O3S. The maximum absolute atomic E-state index is 15.0. The molecule has 0 saturated heterocycles. The lowest BCUT2D eigenvalue weighted by molar-refractivity contribution is -0.114. The van der Waals surface area contributed by atoms with Gasteiger partial charge in [0, 0.05) is 34.0 Å². The molecule has 0 fully saturated rings. The van der Waals surface area contributed by atoms with Gasteiger partial charge in [-0.1, -0.05) is 18.2 Å². The van der Waals surface area contributed by atoms with Crippen molar-refractivity contribution in [1.82, 2.24) is 9.97 Å². The van der Waals surface area contributed by atoms with Gasteiger partial charge < -0.3 is 11.1 Å². The second kappa shape index (κ2) is 9.53. The number of benzene rings is 2. The lowest BCUT2D eigenvalue weighted by Crippen LogP contribution is -2.14. The van der Waals surface area contributed by atoms with Gasteiger partial charge in [0.2, 0.25) is 10.0 Å². The van der Waals surface area contributed by atoms with Gasteiger partial charge in [-0.2, -0.15) is 0 Å². The van der Waals surface area contributed by atoms with E-state index in [9.17, 15) is 13.2 Å². The molecule has 2 aromatic heterocycles. The van der Waals surface area contributed by atoms with Gasteiger partial charge in [-0.3, -0.25) is 9.78 Å². The molecule has 178 valence electrons. The number of allylic oxidation sites excluding steroid dienone is 1. The van der Waals surface area contributed by atoms with E-state index in [0.717, 1.165) is 11.6 Å². The number of pyridine rings is 2. The summed E-state index contributed by atoms with van der Waals surface area (Å²) in [5, 5.41) is 9.31. The molecule has 0 atom stereocenters. The Morgan fingerprint density at radius 3 is 2.57 bits per heavy atom. The maximum atomic E-state index is 15.0. The first-order valence-corrected chi connectivity index (χ1v) is 12.5. The molecule has 2 aromatic carbocycles. The van der Waals surface area contributed by atoms with Crippen LogP contribution in [0.2, 0.25) is 0 Å². The van der Waals surface area contributed by atoms with Gasteiger partial charge in [0.25, 0.3) is 5.91 Å². The highest BCUT2D eigenvalue weighted by Gasteiger charge is 2.18. The van der Waals surface area contributed by atoms with E-state index in [-0.39, 0.29) is 10.5 Å². The first kappa shape index (κ1) is 24.5. The smallest absolute Gasteiger partial charge is 0.284 e. The van der Waals surface area contributed by atoms with Crippen molar-refractivity contribution >= 4 is 59.7 Å². The molecule has 4 rings (SSSR count). The molecule has 1 amide bonds. The van der Waals surface area contributed by atoms with Crippen LogP contribution in [0.5, 0.6) is 0 Å². The summed E-state index contributed by atoms with van der Waals surface area (Å²) in [7, 11) is -4.00. The van der Waals surface area contributed by atoms with Crippen molar-refractivity contribution < 1.29 is 17.6 Å². The molecule has 5 N–H and O–H groups in total. The number of hydrogen-bond donors (Lipinski definition) is 3. The summed E-state index contributed by atoms with van der Waals surface area (Å²) in [4.78, 5) is 20.4. The second-order valence-corrected chi connectivity index (χ2v) is 10.0. The van der Waals surface area contributed by atoms with E-state index in [1.54, 1.807) is 42.6 Å². The van der Waals surface area contributed by atoms with Crippen LogP contribution in [-0.2, 0) is 14.8 Å². The molecule has 8 nitrogen and oxygen atoms in total. The zero-order chi connectivity index (χ0) is 25.3. The standard InChI is InChI=1S/C24H19BrFN5O3S/c1-13(15-3-2-14-6-9-30-23(27)18(14)10-15)22(26)24(32)31-20-5-4-16(11-19(20)25)17-7-8-29-12-21(17)35(28,33)34/h2-12H,1H3,(H2,27,30)(H,31,32)(H2,28,33,34)/b22-13-. The monoisotopic (exact) mass is 555 g/mol. The Morgan fingerprint density at radius 1 is 1.09 bits per heavy atom. The highest BCUT2D eigenvalue weighted by atomic mass is 79.9. The van der Waals surface area contributed by atoms with Gasteiger partial charge in [0.15, 0.2) is 5.83 Å². The first-order chi connectivity index (χ1) is 16.6. The minimum Gasteiger partial charge on any atom is -0.383 e. The molecule has 0 bridgehead atoms. The van der Waals surface area contributed by atoms with Crippen LogP contribution in [0.1, 0.15) is 12.5 Å². The van der Waals surface area contributed by atoms with E-state index in [0.29, 0.717) is 38.1 Å². The number of aromatic nitrogens is 2. The summed E-state index contributed by atoms with van der Waals surface area (Å²) in [5.74, 6) is -1.59. The van der Waals surface area contributed by atoms with Gasteiger partial charge in [0.1, 0.15) is 10.7 Å². The SMILES string of the molecule is C/C(=C(/F)C(=O)Nc1ccc(-c2ccncc2S(N)(=O)=O)cc1Br)c1ccc2ccnc(N)c2c1. The number of primary sulfonamides is 1. The Labute approximate surface area is 209 Å². The van der Waals surface area contributed by atoms with Crippen molar-refractivity contribution in [2.24, 2.45) is 5.14 Å². The fourth-order valence-electron chi connectivity index (χ4n) is 3.53. The molecule has 0 saturated carbocycles. The minimum atomic E-state index is -4.00. The van der Waals surface area contributed by atoms with E-state index < -0.39 is 21.8 Å². The first-order valence-electron chi connectivity index (χ1n) is 10.2. The Balaban J connectivity index is 1.62. The van der Waals surface area contributed by atoms with Gasteiger partial charge in [0.05, 0.1) is 5.69 Å². The van der Waals surface area contributed by atoms with E-state index in [1.807, 2.05) is 0 Å². The molecule has 35 heavy (non-hydrogen) atoms. The summed E-state index contributed by atoms with van der Waals surface area (Å²) < 4.78 is 39.2. The third-order valence-electron chi connectivity index (χ3n) is 5.38. The van der Waals surface area contributed by atoms with Crippen LogP contribution < -0.4 is 16.2 Å². The topological polar surface area (TPSA) is 141 Å². The second-order valence-electron chi connectivity index (χ2n) is 7.64.